The molecule has 0 N–H and O–H groups in total. The van der Waals surface area contributed by atoms with Gasteiger partial charge in [-0.1, -0.05) is 87.0 Å². The molecule has 2 aromatic carbocycles. The van der Waals surface area contributed by atoms with Gasteiger partial charge in [0.15, 0.2) is 5.65 Å². The first-order valence-electron chi connectivity index (χ1n) is 15.9. The van der Waals surface area contributed by atoms with Crippen LogP contribution in [-0.4, -0.2) is 72.8 Å². The third-order valence-electron chi connectivity index (χ3n) is 8.57. The van der Waals surface area contributed by atoms with Gasteiger partial charge in [0.2, 0.25) is 17.0 Å². The second-order valence-corrected chi connectivity index (χ2v) is 12.7. The Kier molecular flexibility index (Phi) is 10.7. The average molecular weight is 601 g/mol. The number of carbonyl (C=O) groups is 2. The van der Waals surface area contributed by atoms with Crippen LogP contribution in [0.3, 0.4) is 0 Å². The molecule has 1 aliphatic heterocycles. The molecule has 2 aromatic heterocycles. The summed E-state index contributed by atoms with van der Waals surface area (Å²) in [7, 11) is 0. The van der Waals surface area contributed by atoms with Gasteiger partial charge < -0.3 is 14.4 Å². The molecule has 1 aliphatic rings. The van der Waals surface area contributed by atoms with Crippen molar-refractivity contribution in [2.24, 2.45) is 5.92 Å². The second kappa shape index (κ2) is 14.8. The van der Waals surface area contributed by atoms with Crippen LogP contribution in [0.4, 0.5) is 0 Å². The van der Waals surface area contributed by atoms with E-state index in [2.05, 4.69) is 71.9 Å². The summed E-state index contributed by atoms with van der Waals surface area (Å²) in [6.45, 7) is 8.95. The Hall–Kier alpha value is -3.46. The smallest absolute Gasteiger partial charge is 0.226 e. The Morgan fingerprint density at radius 2 is 1.77 bits per heavy atom. The Bertz CT molecular complexity index is 1520. The van der Waals surface area contributed by atoms with E-state index in [0.29, 0.717) is 31.2 Å². The summed E-state index contributed by atoms with van der Waals surface area (Å²) in [4.78, 5) is 35.0. The summed E-state index contributed by atoms with van der Waals surface area (Å²) < 4.78 is 2.22. The summed E-state index contributed by atoms with van der Waals surface area (Å²) >= 11 is 1.59. The highest BCUT2D eigenvalue weighted by atomic mass is 32.2. The van der Waals surface area contributed by atoms with Crippen LogP contribution < -0.4 is 0 Å². The van der Waals surface area contributed by atoms with Crippen LogP contribution >= 0.6 is 11.8 Å². The highest BCUT2D eigenvalue weighted by Gasteiger charge is 2.32. The normalized spacial score (nSPS) is 16.2. The molecule has 5 rings (SSSR count). The third kappa shape index (κ3) is 7.37. The molecule has 0 bridgehead atoms. The van der Waals surface area contributed by atoms with Crippen molar-refractivity contribution >= 4 is 45.6 Å². The molecule has 3 heterocycles. The lowest BCUT2D eigenvalue weighted by Gasteiger charge is -2.41. The molecule has 8 nitrogen and oxygen atoms in total. The second-order valence-electron chi connectivity index (χ2n) is 11.6. The van der Waals surface area contributed by atoms with Crippen molar-refractivity contribution in [1.29, 1.82) is 0 Å². The fourth-order valence-electron chi connectivity index (χ4n) is 6.08. The predicted molar refractivity (Wildman–Crippen MR) is 174 cm³/mol. The first-order valence-corrected chi connectivity index (χ1v) is 16.8. The zero-order chi connectivity index (χ0) is 30.2. The predicted octanol–water partition coefficient (Wildman–Crippen LogP) is 6.57. The van der Waals surface area contributed by atoms with Gasteiger partial charge in [-0.15, -0.1) is 10.2 Å². The molecule has 0 spiro atoms. The number of rotatable bonds is 13. The van der Waals surface area contributed by atoms with Crippen LogP contribution in [-0.2, 0) is 16.1 Å². The van der Waals surface area contributed by atoms with Crippen molar-refractivity contribution in [2.75, 3.05) is 25.4 Å². The van der Waals surface area contributed by atoms with E-state index < -0.39 is 0 Å². The van der Waals surface area contributed by atoms with Crippen LogP contribution in [0, 0.1) is 5.92 Å². The van der Waals surface area contributed by atoms with E-state index >= 15 is 0 Å². The van der Waals surface area contributed by atoms with E-state index in [0.717, 1.165) is 72.9 Å². The first kappa shape index (κ1) is 31.0. The number of thioether (sulfide) groups is 1. The lowest BCUT2D eigenvalue weighted by molar-refractivity contribution is -0.145. The number of para-hydroxylation sites is 1. The lowest BCUT2D eigenvalue weighted by Crippen LogP contribution is -2.56. The maximum absolute atomic E-state index is 13.1. The number of fused-ring (bicyclic) bond motifs is 3. The Labute approximate surface area is 259 Å². The van der Waals surface area contributed by atoms with Crippen LogP contribution in [0.1, 0.15) is 71.3 Å². The highest BCUT2D eigenvalue weighted by molar-refractivity contribution is 7.99. The first-order chi connectivity index (χ1) is 21.0. The standard InChI is InChI=1S/C34H44N6O2S/c1-4-6-16-27(5-2)33(42)39-21-20-38(23-25(39)3)30(41)19-12-13-22-43-34-35-32-31(36-37-34)28-17-10-11-18-29(28)40(32)24-26-14-8-7-9-15-26/h7-11,14-15,17-18,25,27H,4-6,12-13,16,19-24H2,1-3H3. The zero-order valence-corrected chi connectivity index (χ0v) is 26.6. The van der Waals surface area contributed by atoms with Crippen molar-refractivity contribution in [2.45, 2.75) is 83.5 Å². The topological polar surface area (TPSA) is 84.2 Å². The van der Waals surface area contributed by atoms with E-state index in [-0.39, 0.29) is 23.8 Å². The molecule has 2 unspecified atom stereocenters. The van der Waals surface area contributed by atoms with Gasteiger partial charge in [0.05, 0.1) is 5.52 Å². The van der Waals surface area contributed by atoms with Gasteiger partial charge in [0.1, 0.15) is 5.52 Å². The van der Waals surface area contributed by atoms with Gasteiger partial charge in [-0.3, -0.25) is 9.59 Å². The van der Waals surface area contributed by atoms with Gasteiger partial charge >= 0.3 is 0 Å². The van der Waals surface area contributed by atoms with E-state index in [9.17, 15) is 9.59 Å². The molecule has 0 aliphatic carbocycles. The molecule has 2 atom stereocenters. The fraction of sp³-hybridized carbons (Fsp3) is 0.500. The lowest BCUT2D eigenvalue weighted by atomic mass is 9.96. The molecule has 228 valence electrons. The van der Waals surface area contributed by atoms with Gasteiger partial charge in [-0.05, 0) is 44.2 Å². The average Bonchev–Trinajstić information content (AvgIpc) is 3.34. The third-order valence-corrected chi connectivity index (χ3v) is 9.49. The molecule has 2 amide bonds. The van der Waals surface area contributed by atoms with E-state index in [1.54, 1.807) is 11.8 Å². The number of hydrogen-bond donors (Lipinski definition) is 0. The quantitative estimate of drug-likeness (QED) is 0.128. The Balaban J connectivity index is 1.12. The number of piperazine rings is 1. The minimum Gasteiger partial charge on any atom is -0.339 e. The molecule has 1 saturated heterocycles. The maximum atomic E-state index is 13.1. The summed E-state index contributed by atoms with van der Waals surface area (Å²) in [6.07, 6.45) is 6.28. The van der Waals surface area contributed by atoms with E-state index in [1.807, 2.05) is 28.0 Å². The fourth-order valence-corrected chi connectivity index (χ4v) is 6.86. The maximum Gasteiger partial charge on any atom is 0.226 e. The van der Waals surface area contributed by atoms with Crippen LogP contribution in [0.2, 0.25) is 0 Å². The molecule has 4 aromatic rings. The van der Waals surface area contributed by atoms with E-state index in [4.69, 9.17) is 4.98 Å². The molecule has 43 heavy (non-hydrogen) atoms. The number of unbranched alkanes of at least 4 members (excludes halogenated alkanes) is 2. The number of hydrogen-bond acceptors (Lipinski definition) is 6. The van der Waals surface area contributed by atoms with Gasteiger partial charge in [0, 0.05) is 55.7 Å². The van der Waals surface area contributed by atoms with Gasteiger partial charge in [-0.25, -0.2) is 4.98 Å². The molecule has 0 radical (unpaired) electrons. The van der Waals surface area contributed by atoms with Crippen molar-refractivity contribution in [3.8, 4) is 0 Å². The number of carbonyl (C=O) groups excluding carboxylic acids is 2. The summed E-state index contributed by atoms with van der Waals surface area (Å²) in [6, 6.07) is 18.7. The monoisotopic (exact) mass is 600 g/mol. The minimum absolute atomic E-state index is 0.0634. The van der Waals surface area contributed by atoms with Crippen LogP contribution in [0.5, 0.6) is 0 Å². The van der Waals surface area contributed by atoms with Crippen molar-refractivity contribution in [3.05, 3.63) is 60.2 Å². The number of nitrogens with zero attached hydrogens (tertiary/aromatic N) is 6. The minimum atomic E-state index is 0.0634. The molecule has 9 heteroatoms. The van der Waals surface area contributed by atoms with Crippen molar-refractivity contribution < 1.29 is 9.59 Å². The summed E-state index contributed by atoms with van der Waals surface area (Å²) in [5, 5.41) is 10.7. The SMILES string of the molecule is CCCCC(CC)C(=O)N1CCN(C(=O)CCCCSc2nnc3c4ccccc4n(Cc4ccccc4)c3n2)CC1C. The number of benzene rings is 2. The van der Waals surface area contributed by atoms with Crippen LogP contribution in [0.15, 0.2) is 59.8 Å². The number of aromatic nitrogens is 4. The molecule has 0 saturated carbocycles. The van der Waals surface area contributed by atoms with Gasteiger partial charge in [-0.2, -0.15) is 0 Å². The Morgan fingerprint density at radius 3 is 2.53 bits per heavy atom. The number of amides is 2. The van der Waals surface area contributed by atoms with Crippen molar-refractivity contribution in [3.63, 3.8) is 0 Å². The van der Waals surface area contributed by atoms with E-state index in [1.165, 1.54) is 5.56 Å². The molecular weight excluding hydrogens is 556 g/mol. The Morgan fingerprint density at radius 1 is 0.977 bits per heavy atom. The summed E-state index contributed by atoms with van der Waals surface area (Å²) in [5.74, 6) is 1.39. The highest BCUT2D eigenvalue weighted by Crippen LogP contribution is 2.28. The van der Waals surface area contributed by atoms with Crippen molar-refractivity contribution in [1.82, 2.24) is 29.5 Å². The molecule has 1 fully saturated rings. The zero-order valence-electron chi connectivity index (χ0n) is 25.7. The summed E-state index contributed by atoms with van der Waals surface area (Å²) in [5.41, 5.74) is 3.98. The largest absolute Gasteiger partial charge is 0.339 e. The molecular formula is C34H44N6O2S. The van der Waals surface area contributed by atoms with Crippen LogP contribution in [0.25, 0.3) is 22.1 Å². The van der Waals surface area contributed by atoms with Gasteiger partial charge in [0.25, 0.3) is 0 Å².